The summed E-state index contributed by atoms with van der Waals surface area (Å²) in [5.41, 5.74) is -0.0263. The average molecular weight is 383 g/mol. The first-order valence-electron chi connectivity index (χ1n) is 6.57. The second-order valence-electron chi connectivity index (χ2n) is 4.47. The van der Waals surface area contributed by atoms with E-state index in [0.717, 1.165) is 13.0 Å². The topological polar surface area (TPSA) is 34.9 Å². The van der Waals surface area contributed by atoms with E-state index in [1.807, 2.05) is 22.6 Å². The molecule has 0 aliphatic rings. The first-order chi connectivity index (χ1) is 8.66. The monoisotopic (exact) mass is 382 g/mol. The van der Waals surface area contributed by atoms with E-state index in [2.05, 4.69) is 11.9 Å². The molecule has 0 N–H and O–H groups in total. The fraction of sp³-hybridized carbons (Fsp3) is 0.692. The largest absolute Gasteiger partial charge is 0.298 e. The minimum atomic E-state index is -0.0263. The number of nitrogens with zero attached hydrogens (tertiary/aromatic N) is 2. The van der Waals surface area contributed by atoms with Crippen molar-refractivity contribution in [1.82, 2.24) is 9.55 Å². The Hall–Kier alpha value is -0.100. The fourth-order valence-corrected chi connectivity index (χ4v) is 2.42. The van der Waals surface area contributed by atoms with Gasteiger partial charge in [0.15, 0.2) is 0 Å². The maximum absolute atomic E-state index is 11.8. The molecule has 0 aromatic carbocycles. The van der Waals surface area contributed by atoms with Crippen LogP contribution in [0.5, 0.6) is 0 Å². The summed E-state index contributed by atoms with van der Waals surface area (Å²) in [7, 11) is 0. The van der Waals surface area contributed by atoms with Gasteiger partial charge in [0.05, 0.1) is 6.33 Å². The van der Waals surface area contributed by atoms with E-state index in [-0.39, 0.29) is 5.56 Å². The molecule has 0 fully saturated rings. The number of rotatable bonds is 8. The lowest BCUT2D eigenvalue weighted by atomic mass is 10.1. The average Bonchev–Trinajstić information content (AvgIpc) is 2.37. The van der Waals surface area contributed by atoms with Crippen LogP contribution in [0.15, 0.2) is 11.1 Å². The van der Waals surface area contributed by atoms with Crippen molar-refractivity contribution in [2.45, 2.75) is 58.4 Å². The van der Waals surface area contributed by atoms with Crippen molar-refractivity contribution in [2.24, 2.45) is 0 Å². The van der Waals surface area contributed by atoms with Crippen molar-refractivity contribution < 1.29 is 0 Å². The van der Waals surface area contributed by atoms with E-state index >= 15 is 0 Å². The molecule has 102 valence electrons. The van der Waals surface area contributed by atoms with Gasteiger partial charge in [-0.15, -0.1) is 0 Å². The van der Waals surface area contributed by atoms with Gasteiger partial charge in [0.2, 0.25) is 0 Å². The van der Waals surface area contributed by atoms with Gasteiger partial charge in [-0.05, 0) is 29.0 Å². The molecule has 0 atom stereocenters. The van der Waals surface area contributed by atoms with Crippen LogP contribution in [0.4, 0.5) is 0 Å². The lowest BCUT2D eigenvalue weighted by molar-refractivity contribution is 0.538. The Morgan fingerprint density at radius 2 is 1.83 bits per heavy atom. The van der Waals surface area contributed by atoms with Gasteiger partial charge in [-0.3, -0.25) is 9.36 Å². The molecular weight excluding hydrogens is 363 g/mol. The number of hydrogen-bond acceptors (Lipinski definition) is 2. The maximum Gasteiger partial charge on any atom is 0.268 e. The molecular formula is C13H20ClIN2O. The standard InChI is InChI=1S/C13H20ClIN2O/c1-2-3-4-5-6-7-8-9-17-10-16-12(14)11(15)13(17)18/h10H,2-9H2,1H3. The molecule has 0 aliphatic heterocycles. The summed E-state index contributed by atoms with van der Waals surface area (Å²) in [6, 6.07) is 0. The highest BCUT2D eigenvalue weighted by Crippen LogP contribution is 2.10. The highest BCUT2D eigenvalue weighted by Gasteiger charge is 2.06. The lowest BCUT2D eigenvalue weighted by Crippen LogP contribution is -2.23. The Bertz CT molecular complexity index is 420. The molecule has 1 aromatic rings. The summed E-state index contributed by atoms with van der Waals surface area (Å²) in [5, 5.41) is 0.302. The number of halogens is 2. The predicted octanol–water partition coefficient (Wildman–Crippen LogP) is 4.25. The molecule has 5 heteroatoms. The molecule has 0 spiro atoms. The van der Waals surface area contributed by atoms with Crippen LogP contribution < -0.4 is 5.56 Å². The van der Waals surface area contributed by atoms with E-state index in [1.165, 1.54) is 38.5 Å². The number of aryl methyl sites for hydroxylation is 1. The zero-order valence-electron chi connectivity index (χ0n) is 10.8. The summed E-state index contributed by atoms with van der Waals surface area (Å²) in [5.74, 6) is 0. The molecule has 0 radical (unpaired) electrons. The minimum absolute atomic E-state index is 0.0263. The molecule has 0 bridgehead atoms. The van der Waals surface area contributed by atoms with Crippen LogP contribution in [-0.2, 0) is 6.54 Å². The smallest absolute Gasteiger partial charge is 0.268 e. The van der Waals surface area contributed by atoms with Crippen LogP contribution in [0.3, 0.4) is 0 Å². The SMILES string of the molecule is CCCCCCCCCn1cnc(Cl)c(I)c1=O. The molecule has 0 saturated carbocycles. The molecule has 3 nitrogen and oxygen atoms in total. The fourth-order valence-electron chi connectivity index (χ4n) is 1.84. The van der Waals surface area contributed by atoms with Gasteiger partial charge in [0.25, 0.3) is 5.56 Å². The van der Waals surface area contributed by atoms with Gasteiger partial charge in [-0.1, -0.05) is 57.0 Å². The quantitative estimate of drug-likeness (QED) is 0.383. The Kier molecular flexibility index (Phi) is 7.90. The van der Waals surface area contributed by atoms with Crippen molar-refractivity contribution >= 4 is 34.2 Å². The van der Waals surface area contributed by atoms with Crippen molar-refractivity contribution in [3.05, 3.63) is 25.4 Å². The zero-order valence-corrected chi connectivity index (χ0v) is 13.7. The molecule has 1 heterocycles. The summed E-state index contributed by atoms with van der Waals surface area (Å²) < 4.78 is 2.17. The predicted molar refractivity (Wildman–Crippen MR) is 84.2 cm³/mol. The number of unbranched alkanes of at least 4 members (excludes halogenated alkanes) is 6. The lowest BCUT2D eigenvalue weighted by Gasteiger charge is -2.06. The van der Waals surface area contributed by atoms with Crippen LogP contribution in [0.1, 0.15) is 51.9 Å². The molecule has 0 unspecified atom stereocenters. The zero-order chi connectivity index (χ0) is 13.4. The first kappa shape index (κ1) is 16.0. The van der Waals surface area contributed by atoms with Crippen LogP contribution in [0, 0.1) is 3.57 Å². The molecule has 1 rings (SSSR count). The number of hydrogen-bond donors (Lipinski definition) is 0. The van der Waals surface area contributed by atoms with Crippen LogP contribution in [0.2, 0.25) is 5.15 Å². The normalized spacial score (nSPS) is 10.8. The van der Waals surface area contributed by atoms with Crippen LogP contribution >= 0.6 is 34.2 Å². The first-order valence-corrected chi connectivity index (χ1v) is 8.03. The van der Waals surface area contributed by atoms with Gasteiger partial charge in [-0.2, -0.15) is 0 Å². The van der Waals surface area contributed by atoms with E-state index in [4.69, 9.17) is 11.6 Å². The molecule has 18 heavy (non-hydrogen) atoms. The molecule has 0 saturated heterocycles. The third-order valence-electron chi connectivity index (χ3n) is 2.94. The summed E-state index contributed by atoms with van der Waals surface area (Å²) in [6.45, 7) is 2.97. The summed E-state index contributed by atoms with van der Waals surface area (Å²) in [6.07, 6.45) is 10.3. The van der Waals surface area contributed by atoms with Crippen molar-refractivity contribution in [1.29, 1.82) is 0 Å². The van der Waals surface area contributed by atoms with Crippen LogP contribution in [0.25, 0.3) is 0 Å². The minimum Gasteiger partial charge on any atom is -0.298 e. The number of aromatic nitrogens is 2. The van der Waals surface area contributed by atoms with Crippen molar-refractivity contribution in [2.75, 3.05) is 0 Å². The highest BCUT2D eigenvalue weighted by molar-refractivity contribution is 14.1. The maximum atomic E-state index is 11.8. The van der Waals surface area contributed by atoms with Gasteiger partial charge in [-0.25, -0.2) is 4.98 Å². The van der Waals surface area contributed by atoms with Gasteiger partial charge in [0, 0.05) is 6.54 Å². The molecule has 1 aromatic heterocycles. The van der Waals surface area contributed by atoms with Crippen molar-refractivity contribution in [3.8, 4) is 0 Å². The van der Waals surface area contributed by atoms with Crippen LogP contribution in [-0.4, -0.2) is 9.55 Å². The molecule has 0 amide bonds. The third-order valence-corrected chi connectivity index (χ3v) is 4.52. The van der Waals surface area contributed by atoms with E-state index in [1.54, 1.807) is 10.9 Å². The van der Waals surface area contributed by atoms with Crippen molar-refractivity contribution in [3.63, 3.8) is 0 Å². The van der Waals surface area contributed by atoms with Gasteiger partial charge >= 0.3 is 0 Å². The van der Waals surface area contributed by atoms with E-state index < -0.39 is 0 Å². The second-order valence-corrected chi connectivity index (χ2v) is 5.91. The highest BCUT2D eigenvalue weighted by atomic mass is 127. The Morgan fingerprint density at radius 1 is 1.22 bits per heavy atom. The third kappa shape index (κ3) is 5.26. The van der Waals surface area contributed by atoms with E-state index in [0.29, 0.717) is 8.72 Å². The Balaban J connectivity index is 2.28. The Morgan fingerprint density at radius 3 is 2.50 bits per heavy atom. The van der Waals surface area contributed by atoms with E-state index in [9.17, 15) is 4.79 Å². The molecule has 0 aliphatic carbocycles. The summed E-state index contributed by atoms with van der Waals surface area (Å²) in [4.78, 5) is 15.8. The second kappa shape index (κ2) is 8.91. The van der Waals surface area contributed by atoms with Gasteiger partial charge < -0.3 is 0 Å². The Labute approximate surface area is 127 Å². The van der Waals surface area contributed by atoms with Gasteiger partial charge in [0.1, 0.15) is 8.72 Å². The summed E-state index contributed by atoms with van der Waals surface area (Å²) >= 11 is 7.74.